The summed E-state index contributed by atoms with van der Waals surface area (Å²) in [5.74, 6) is 0.852. The Labute approximate surface area is 99.6 Å². The van der Waals surface area contributed by atoms with Crippen molar-refractivity contribution in [3.05, 3.63) is 27.7 Å². The Balaban J connectivity index is 3.02. The van der Waals surface area contributed by atoms with E-state index in [4.69, 9.17) is 5.73 Å². The van der Waals surface area contributed by atoms with Crippen LogP contribution in [0.1, 0.15) is 37.4 Å². The molecule has 0 aromatic heterocycles. The first-order chi connectivity index (χ1) is 6.91. The largest absolute Gasteiger partial charge is 0.507 e. The molecule has 2 nitrogen and oxygen atoms in total. The fraction of sp³-hybridized carbons (Fsp3) is 0.500. The molecule has 1 rings (SSSR count). The van der Waals surface area contributed by atoms with Gasteiger partial charge < -0.3 is 10.8 Å². The van der Waals surface area contributed by atoms with Gasteiger partial charge in [0.2, 0.25) is 0 Å². The number of hydrogen-bond acceptors (Lipinski definition) is 2. The predicted molar refractivity (Wildman–Crippen MR) is 66.9 cm³/mol. The number of phenols is 1. The third kappa shape index (κ3) is 3.21. The standard InChI is InChI=1S/C12H18BrNO/c1-7(2)4-11(14)10-6-9(13)5-8(3)12(10)15/h5-7,11,15H,4,14H2,1-3H3/t11-/m0/s1. The highest BCUT2D eigenvalue weighted by molar-refractivity contribution is 9.10. The number of benzene rings is 1. The summed E-state index contributed by atoms with van der Waals surface area (Å²) in [7, 11) is 0. The van der Waals surface area contributed by atoms with E-state index in [-0.39, 0.29) is 6.04 Å². The average molecular weight is 272 g/mol. The highest BCUT2D eigenvalue weighted by Crippen LogP contribution is 2.32. The van der Waals surface area contributed by atoms with Gasteiger partial charge in [-0.1, -0.05) is 29.8 Å². The van der Waals surface area contributed by atoms with Crippen molar-refractivity contribution in [3.8, 4) is 5.75 Å². The van der Waals surface area contributed by atoms with Gasteiger partial charge in [-0.25, -0.2) is 0 Å². The molecule has 0 heterocycles. The SMILES string of the molecule is Cc1cc(Br)cc([C@@H](N)CC(C)C)c1O. The normalized spacial score (nSPS) is 13.2. The molecule has 1 atom stereocenters. The van der Waals surface area contributed by atoms with Gasteiger partial charge in [-0.2, -0.15) is 0 Å². The van der Waals surface area contributed by atoms with Crippen LogP contribution >= 0.6 is 15.9 Å². The fourth-order valence-corrected chi connectivity index (χ4v) is 2.27. The van der Waals surface area contributed by atoms with Crippen molar-refractivity contribution in [1.29, 1.82) is 0 Å². The van der Waals surface area contributed by atoms with Gasteiger partial charge >= 0.3 is 0 Å². The molecule has 0 fully saturated rings. The molecule has 84 valence electrons. The summed E-state index contributed by atoms with van der Waals surface area (Å²) < 4.78 is 0.965. The molecule has 0 saturated carbocycles. The summed E-state index contributed by atoms with van der Waals surface area (Å²) in [6, 6.07) is 3.69. The molecule has 1 aromatic carbocycles. The Morgan fingerprint density at radius 1 is 1.40 bits per heavy atom. The lowest BCUT2D eigenvalue weighted by Gasteiger charge is -2.17. The van der Waals surface area contributed by atoms with Crippen LogP contribution in [0, 0.1) is 12.8 Å². The molecule has 1 aromatic rings. The minimum atomic E-state index is -0.0961. The summed E-state index contributed by atoms with van der Waals surface area (Å²) in [5, 5.41) is 9.90. The van der Waals surface area contributed by atoms with Gasteiger partial charge in [0.25, 0.3) is 0 Å². The van der Waals surface area contributed by atoms with Crippen molar-refractivity contribution in [2.24, 2.45) is 11.7 Å². The highest BCUT2D eigenvalue weighted by Gasteiger charge is 2.14. The molecular weight excluding hydrogens is 254 g/mol. The van der Waals surface area contributed by atoms with E-state index in [0.717, 1.165) is 22.0 Å². The molecule has 0 saturated heterocycles. The van der Waals surface area contributed by atoms with Crippen LogP contribution in [0.25, 0.3) is 0 Å². The quantitative estimate of drug-likeness (QED) is 0.884. The molecule has 0 aliphatic heterocycles. The Kier molecular flexibility index (Phi) is 4.17. The Bertz CT molecular complexity index is 350. The highest BCUT2D eigenvalue weighted by atomic mass is 79.9. The van der Waals surface area contributed by atoms with Gasteiger partial charge in [-0.05, 0) is 37.0 Å². The van der Waals surface area contributed by atoms with E-state index < -0.39 is 0 Å². The molecule has 0 amide bonds. The Morgan fingerprint density at radius 3 is 2.53 bits per heavy atom. The van der Waals surface area contributed by atoms with E-state index >= 15 is 0 Å². The summed E-state index contributed by atoms with van der Waals surface area (Å²) in [6.45, 7) is 6.13. The predicted octanol–water partition coefficient (Wildman–Crippen LogP) is 3.51. The van der Waals surface area contributed by atoms with Crippen LogP contribution in [0.4, 0.5) is 0 Å². The van der Waals surface area contributed by atoms with Gasteiger partial charge in [0, 0.05) is 16.1 Å². The zero-order valence-electron chi connectivity index (χ0n) is 9.42. The average Bonchev–Trinajstić information content (AvgIpc) is 2.09. The molecule has 0 spiro atoms. The zero-order chi connectivity index (χ0) is 11.6. The summed E-state index contributed by atoms with van der Waals surface area (Å²) in [5.41, 5.74) is 7.74. The smallest absolute Gasteiger partial charge is 0.123 e. The van der Waals surface area contributed by atoms with Crippen LogP contribution in [0.15, 0.2) is 16.6 Å². The van der Waals surface area contributed by atoms with Crippen LogP contribution in [0.5, 0.6) is 5.75 Å². The molecular formula is C12H18BrNO. The van der Waals surface area contributed by atoms with Crippen LogP contribution in [-0.2, 0) is 0 Å². The number of aromatic hydroxyl groups is 1. The van der Waals surface area contributed by atoms with E-state index in [0.29, 0.717) is 11.7 Å². The Morgan fingerprint density at radius 2 is 2.00 bits per heavy atom. The maximum atomic E-state index is 9.90. The number of aryl methyl sites for hydroxylation is 1. The van der Waals surface area contributed by atoms with E-state index in [2.05, 4.69) is 29.8 Å². The number of phenolic OH excluding ortho intramolecular Hbond substituents is 1. The monoisotopic (exact) mass is 271 g/mol. The molecule has 3 heteroatoms. The molecule has 3 N–H and O–H groups in total. The maximum Gasteiger partial charge on any atom is 0.123 e. The molecule has 0 unspecified atom stereocenters. The van der Waals surface area contributed by atoms with Gasteiger partial charge in [-0.15, -0.1) is 0 Å². The van der Waals surface area contributed by atoms with Crippen molar-refractivity contribution in [2.75, 3.05) is 0 Å². The van der Waals surface area contributed by atoms with Crippen LogP contribution in [0.3, 0.4) is 0 Å². The van der Waals surface area contributed by atoms with Crippen LogP contribution < -0.4 is 5.73 Å². The second kappa shape index (κ2) is 4.99. The molecule has 0 radical (unpaired) electrons. The van der Waals surface area contributed by atoms with Crippen LogP contribution in [-0.4, -0.2) is 5.11 Å². The molecule has 15 heavy (non-hydrogen) atoms. The van der Waals surface area contributed by atoms with E-state index in [9.17, 15) is 5.11 Å². The van der Waals surface area contributed by atoms with E-state index in [1.54, 1.807) is 0 Å². The van der Waals surface area contributed by atoms with Gasteiger partial charge in [-0.3, -0.25) is 0 Å². The van der Waals surface area contributed by atoms with Crippen molar-refractivity contribution < 1.29 is 5.11 Å². The summed E-state index contributed by atoms with van der Waals surface area (Å²) in [6.07, 6.45) is 0.878. The second-order valence-electron chi connectivity index (χ2n) is 4.40. The molecule has 0 bridgehead atoms. The van der Waals surface area contributed by atoms with Crippen molar-refractivity contribution in [3.63, 3.8) is 0 Å². The first kappa shape index (κ1) is 12.5. The van der Waals surface area contributed by atoms with Gasteiger partial charge in [0.15, 0.2) is 0 Å². The first-order valence-corrected chi connectivity index (χ1v) is 5.95. The van der Waals surface area contributed by atoms with Gasteiger partial charge in [0.05, 0.1) is 0 Å². The lowest BCUT2D eigenvalue weighted by Crippen LogP contribution is -2.13. The van der Waals surface area contributed by atoms with Gasteiger partial charge in [0.1, 0.15) is 5.75 Å². The molecule has 0 aliphatic rings. The number of halogens is 1. The third-order valence-electron chi connectivity index (χ3n) is 2.42. The summed E-state index contributed by atoms with van der Waals surface area (Å²) >= 11 is 3.41. The maximum absolute atomic E-state index is 9.90. The minimum Gasteiger partial charge on any atom is -0.507 e. The third-order valence-corrected chi connectivity index (χ3v) is 2.88. The topological polar surface area (TPSA) is 46.2 Å². The number of nitrogens with two attached hydrogens (primary N) is 1. The Hall–Kier alpha value is -0.540. The van der Waals surface area contributed by atoms with E-state index in [1.807, 2.05) is 19.1 Å². The first-order valence-electron chi connectivity index (χ1n) is 5.16. The fourth-order valence-electron chi connectivity index (χ4n) is 1.68. The second-order valence-corrected chi connectivity index (χ2v) is 5.31. The minimum absolute atomic E-state index is 0.0961. The zero-order valence-corrected chi connectivity index (χ0v) is 11.0. The van der Waals surface area contributed by atoms with E-state index in [1.165, 1.54) is 0 Å². The summed E-state index contributed by atoms with van der Waals surface area (Å²) in [4.78, 5) is 0. The van der Waals surface area contributed by atoms with Crippen molar-refractivity contribution >= 4 is 15.9 Å². The lowest BCUT2D eigenvalue weighted by atomic mass is 9.96. The van der Waals surface area contributed by atoms with Crippen molar-refractivity contribution in [2.45, 2.75) is 33.2 Å². The lowest BCUT2D eigenvalue weighted by molar-refractivity contribution is 0.442. The number of hydrogen-bond donors (Lipinski definition) is 2. The molecule has 0 aliphatic carbocycles. The number of rotatable bonds is 3. The van der Waals surface area contributed by atoms with Crippen LogP contribution in [0.2, 0.25) is 0 Å². The van der Waals surface area contributed by atoms with Crippen molar-refractivity contribution in [1.82, 2.24) is 0 Å².